The molecule has 3 nitrogen and oxygen atoms in total. The molecule has 4 heteroatoms. The molecular formula is C13H25ClN2O. The van der Waals surface area contributed by atoms with Gasteiger partial charge in [-0.3, -0.25) is 4.79 Å². The summed E-state index contributed by atoms with van der Waals surface area (Å²) in [7, 11) is 0. The van der Waals surface area contributed by atoms with E-state index in [-0.39, 0.29) is 17.8 Å². The number of carbonyl (C=O) groups is 1. The van der Waals surface area contributed by atoms with E-state index in [0.717, 1.165) is 31.8 Å². The van der Waals surface area contributed by atoms with Gasteiger partial charge in [-0.1, -0.05) is 26.2 Å². The van der Waals surface area contributed by atoms with Gasteiger partial charge in [-0.05, 0) is 25.2 Å². The molecule has 17 heavy (non-hydrogen) atoms. The third-order valence-corrected chi connectivity index (χ3v) is 4.56. The quantitative estimate of drug-likeness (QED) is 0.846. The molecule has 1 amide bonds. The number of nitrogens with two attached hydrogens (primary N) is 1. The van der Waals surface area contributed by atoms with Gasteiger partial charge in [-0.25, -0.2) is 0 Å². The lowest BCUT2D eigenvalue weighted by atomic mass is 9.84. The Morgan fingerprint density at radius 3 is 2.53 bits per heavy atom. The van der Waals surface area contributed by atoms with Gasteiger partial charge in [0.1, 0.15) is 0 Å². The maximum atomic E-state index is 12.5. The normalized spacial score (nSPS) is 26.9. The molecule has 0 aromatic carbocycles. The molecule has 0 bridgehead atoms. The first kappa shape index (κ1) is 14.8. The summed E-state index contributed by atoms with van der Waals surface area (Å²) in [5.41, 5.74) is 5.67. The Morgan fingerprint density at radius 1 is 1.41 bits per heavy atom. The third kappa shape index (κ3) is 2.76. The second-order valence-corrected chi connectivity index (χ2v) is 5.51. The predicted octanol–water partition coefficient (Wildman–Crippen LogP) is 2.19. The number of nitrogens with zero attached hydrogens (tertiary/aromatic N) is 1. The minimum atomic E-state index is -0.192. The molecule has 1 saturated carbocycles. The van der Waals surface area contributed by atoms with Gasteiger partial charge in [0.05, 0.1) is 5.41 Å². The van der Waals surface area contributed by atoms with E-state index in [1.54, 1.807) is 0 Å². The average Bonchev–Trinajstić information content (AvgIpc) is 2.98. The van der Waals surface area contributed by atoms with Crippen molar-refractivity contribution in [1.29, 1.82) is 0 Å². The van der Waals surface area contributed by atoms with Crippen LogP contribution < -0.4 is 5.73 Å². The van der Waals surface area contributed by atoms with Crippen LogP contribution in [-0.4, -0.2) is 30.4 Å². The highest BCUT2D eigenvalue weighted by Crippen LogP contribution is 2.39. The third-order valence-electron chi connectivity index (χ3n) is 4.56. The maximum Gasteiger partial charge on any atom is 0.230 e. The largest absolute Gasteiger partial charge is 0.342 e. The van der Waals surface area contributed by atoms with Gasteiger partial charge in [0, 0.05) is 19.6 Å². The first-order chi connectivity index (χ1) is 7.72. The van der Waals surface area contributed by atoms with Crippen molar-refractivity contribution < 1.29 is 4.79 Å². The fourth-order valence-corrected chi connectivity index (χ4v) is 3.24. The van der Waals surface area contributed by atoms with Crippen molar-refractivity contribution in [2.45, 2.75) is 45.4 Å². The van der Waals surface area contributed by atoms with Crippen LogP contribution in [0.2, 0.25) is 0 Å². The van der Waals surface area contributed by atoms with Gasteiger partial charge in [0.15, 0.2) is 0 Å². The lowest BCUT2D eigenvalue weighted by molar-refractivity contribution is -0.140. The number of hydrogen-bond acceptors (Lipinski definition) is 2. The zero-order valence-corrected chi connectivity index (χ0v) is 11.6. The summed E-state index contributed by atoms with van der Waals surface area (Å²) in [6.45, 7) is 4.68. The van der Waals surface area contributed by atoms with Crippen molar-refractivity contribution in [3.63, 3.8) is 0 Å². The molecule has 100 valence electrons. The summed E-state index contributed by atoms with van der Waals surface area (Å²) in [4.78, 5) is 14.6. The van der Waals surface area contributed by atoms with Crippen LogP contribution in [0.4, 0.5) is 0 Å². The maximum absolute atomic E-state index is 12.5. The highest BCUT2D eigenvalue weighted by Gasteiger charge is 2.43. The summed E-state index contributed by atoms with van der Waals surface area (Å²) < 4.78 is 0. The van der Waals surface area contributed by atoms with E-state index in [4.69, 9.17) is 5.73 Å². The van der Waals surface area contributed by atoms with E-state index in [9.17, 15) is 4.79 Å². The molecule has 1 saturated heterocycles. The Balaban J connectivity index is 0.00000144. The number of likely N-dealkylation sites (tertiary alicyclic amines) is 1. The zero-order valence-electron chi connectivity index (χ0n) is 10.8. The van der Waals surface area contributed by atoms with E-state index >= 15 is 0 Å². The topological polar surface area (TPSA) is 46.3 Å². The highest BCUT2D eigenvalue weighted by molar-refractivity contribution is 5.85. The summed E-state index contributed by atoms with van der Waals surface area (Å²) in [5, 5.41) is 0. The predicted molar refractivity (Wildman–Crippen MR) is 72.2 cm³/mol. The van der Waals surface area contributed by atoms with Crippen LogP contribution in [0.15, 0.2) is 0 Å². The van der Waals surface area contributed by atoms with Gasteiger partial charge < -0.3 is 10.6 Å². The fourth-order valence-electron chi connectivity index (χ4n) is 3.24. The van der Waals surface area contributed by atoms with Gasteiger partial charge in [-0.2, -0.15) is 0 Å². The van der Waals surface area contributed by atoms with Gasteiger partial charge >= 0.3 is 0 Å². The van der Waals surface area contributed by atoms with Crippen LogP contribution >= 0.6 is 12.4 Å². The standard InChI is InChI=1S/C13H24N2O.ClH/c1-2-11-5-8-15(9-11)12(16)13(10-14)6-3-4-7-13;/h11H,2-10,14H2,1H3;1H. The lowest BCUT2D eigenvalue weighted by Crippen LogP contribution is -2.45. The van der Waals surface area contributed by atoms with Crippen LogP contribution in [0, 0.1) is 11.3 Å². The number of rotatable bonds is 3. The second-order valence-electron chi connectivity index (χ2n) is 5.51. The second kappa shape index (κ2) is 6.05. The molecule has 2 N–H and O–H groups in total. The summed E-state index contributed by atoms with van der Waals surface area (Å²) in [5.74, 6) is 1.07. The van der Waals surface area contributed by atoms with Crippen LogP contribution in [0.1, 0.15) is 45.4 Å². The SMILES string of the molecule is CCC1CCN(C(=O)C2(CN)CCCC2)C1.Cl. The average molecular weight is 261 g/mol. The molecule has 2 fully saturated rings. The Morgan fingerprint density at radius 2 is 2.06 bits per heavy atom. The number of halogens is 1. The first-order valence-electron chi connectivity index (χ1n) is 6.71. The number of hydrogen-bond donors (Lipinski definition) is 1. The van der Waals surface area contributed by atoms with Crippen molar-refractivity contribution in [2.24, 2.45) is 17.1 Å². The van der Waals surface area contributed by atoms with Gasteiger partial charge in [0.25, 0.3) is 0 Å². The Labute approximate surface area is 111 Å². The molecule has 1 aliphatic heterocycles. The molecule has 2 aliphatic rings. The number of amides is 1. The summed E-state index contributed by atoms with van der Waals surface area (Å²) in [6, 6.07) is 0. The van der Waals surface area contributed by atoms with Crippen LogP contribution in [0.5, 0.6) is 0 Å². The van der Waals surface area contributed by atoms with Crippen molar-refractivity contribution >= 4 is 18.3 Å². The lowest BCUT2D eigenvalue weighted by Gasteiger charge is -2.31. The zero-order chi connectivity index (χ0) is 11.6. The summed E-state index contributed by atoms with van der Waals surface area (Å²) in [6.07, 6.45) is 6.75. The molecule has 0 radical (unpaired) electrons. The monoisotopic (exact) mass is 260 g/mol. The molecule has 1 aliphatic carbocycles. The molecule has 1 heterocycles. The molecule has 2 rings (SSSR count). The molecule has 0 spiro atoms. The molecule has 0 aromatic heterocycles. The Kier molecular flexibility index (Phi) is 5.26. The molecule has 1 unspecified atom stereocenters. The molecule has 1 atom stereocenters. The van der Waals surface area contributed by atoms with Crippen molar-refractivity contribution in [1.82, 2.24) is 4.90 Å². The van der Waals surface area contributed by atoms with Crippen molar-refractivity contribution in [3.05, 3.63) is 0 Å². The minimum Gasteiger partial charge on any atom is -0.342 e. The van der Waals surface area contributed by atoms with Crippen molar-refractivity contribution in [3.8, 4) is 0 Å². The van der Waals surface area contributed by atoms with Gasteiger partial charge in [-0.15, -0.1) is 12.4 Å². The van der Waals surface area contributed by atoms with Crippen LogP contribution in [0.3, 0.4) is 0 Å². The summed E-state index contributed by atoms with van der Waals surface area (Å²) >= 11 is 0. The van der Waals surface area contributed by atoms with E-state index in [1.807, 2.05) is 0 Å². The first-order valence-corrected chi connectivity index (χ1v) is 6.71. The molecular weight excluding hydrogens is 236 g/mol. The fraction of sp³-hybridized carbons (Fsp3) is 0.923. The minimum absolute atomic E-state index is 0. The van der Waals surface area contributed by atoms with Crippen LogP contribution in [0.25, 0.3) is 0 Å². The Hall–Kier alpha value is -0.280. The van der Waals surface area contributed by atoms with E-state index in [2.05, 4.69) is 11.8 Å². The highest BCUT2D eigenvalue weighted by atomic mass is 35.5. The van der Waals surface area contributed by atoms with Crippen LogP contribution in [-0.2, 0) is 4.79 Å². The van der Waals surface area contributed by atoms with Crippen molar-refractivity contribution in [2.75, 3.05) is 19.6 Å². The molecule has 0 aromatic rings. The number of carbonyl (C=O) groups excluding carboxylic acids is 1. The van der Waals surface area contributed by atoms with E-state index in [0.29, 0.717) is 12.5 Å². The van der Waals surface area contributed by atoms with Gasteiger partial charge in [0.2, 0.25) is 5.91 Å². The Bertz CT molecular complexity index is 264. The van der Waals surface area contributed by atoms with E-state index < -0.39 is 0 Å². The van der Waals surface area contributed by atoms with E-state index in [1.165, 1.54) is 25.7 Å². The smallest absolute Gasteiger partial charge is 0.230 e.